The fourth-order valence-electron chi connectivity index (χ4n) is 3.11. The van der Waals surface area contributed by atoms with E-state index in [1.165, 1.54) is 0 Å². The van der Waals surface area contributed by atoms with Gasteiger partial charge in [0.25, 0.3) is 0 Å². The Morgan fingerprint density at radius 1 is 1.11 bits per heavy atom. The van der Waals surface area contributed by atoms with Gasteiger partial charge in [0.1, 0.15) is 0 Å². The Labute approximate surface area is 164 Å². The van der Waals surface area contributed by atoms with Crippen molar-refractivity contribution >= 4 is 38.9 Å². The predicted octanol–water partition coefficient (Wildman–Crippen LogP) is 2.67. The van der Waals surface area contributed by atoms with E-state index in [1.807, 2.05) is 31.2 Å². The molecule has 0 aromatic heterocycles. The summed E-state index contributed by atoms with van der Waals surface area (Å²) in [6, 6.07) is 12.6. The van der Waals surface area contributed by atoms with E-state index in [0.29, 0.717) is 17.9 Å². The molecule has 0 aliphatic carbocycles. The van der Waals surface area contributed by atoms with Crippen molar-refractivity contribution < 1.29 is 18.0 Å². The number of hydrogen-bond acceptors (Lipinski definition) is 4. The molecule has 1 fully saturated rings. The van der Waals surface area contributed by atoms with Crippen molar-refractivity contribution in [2.45, 2.75) is 20.3 Å². The summed E-state index contributed by atoms with van der Waals surface area (Å²) < 4.78 is 25.4. The van der Waals surface area contributed by atoms with Crippen LogP contribution < -0.4 is 14.9 Å². The van der Waals surface area contributed by atoms with E-state index in [-0.39, 0.29) is 18.2 Å². The van der Waals surface area contributed by atoms with Crippen molar-refractivity contribution in [2.24, 2.45) is 5.92 Å². The van der Waals surface area contributed by atoms with Crippen molar-refractivity contribution in [1.29, 1.82) is 0 Å². The Balaban J connectivity index is 1.71. The number of anilines is 3. The second-order valence-corrected chi connectivity index (χ2v) is 8.88. The number of carbonyl (C=O) groups excluding carboxylic acids is 2. The lowest BCUT2D eigenvalue weighted by Crippen LogP contribution is -2.28. The number of amides is 2. The van der Waals surface area contributed by atoms with Crippen LogP contribution in [-0.2, 0) is 19.6 Å². The number of sulfonamides is 1. The van der Waals surface area contributed by atoms with E-state index in [4.69, 9.17) is 0 Å². The first-order valence-electron chi connectivity index (χ1n) is 8.89. The van der Waals surface area contributed by atoms with E-state index in [2.05, 4.69) is 10.0 Å². The maximum absolute atomic E-state index is 12.6. The van der Waals surface area contributed by atoms with E-state index < -0.39 is 15.9 Å². The summed E-state index contributed by atoms with van der Waals surface area (Å²) in [6.45, 7) is 4.06. The number of benzene rings is 2. The molecule has 8 heteroatoms. The van der Waals surface area contributed by atoms with E-state index in [9.17, 15) is 18.0 Å². The maximum atomic E-state index is 12.6. The van der Waals surface area contributed by atoms with Crippen LogP contribution in [0.2, 0.25) is 0 Å². The average molecular weight is 401 g/mol. The standard InChI is InChI=1S/C20H23N3O4S/c1-13-4-8-17(9-5-13)23-12-15(10-19(23)24)20(25)21-16-7-6-14(2)18(11-16)22-28(3,26)27/h4-9,11,15,22H,10,12H2,1-3H3,(H,21,25). The molecule has 0 radical (unpaired) electrons. The van der Waals surface area contributed by atoms with Crippen molar-refractivity contribution in [3.05, 3.63) is 53.6 Å². The summed E-state index contributed by atoms with van der Waals surface area (Å²) in [5.41, 5.74) is 3.50. The second kappa shape index (κ2) is 7.63. The van der Waals surface area contributed by atoms with Gasteiger partial charge in [-0.3, -0.25) is 14.3 Å². The highest BCUT2D eigenvalue weighted by atomic mass is 32.2. The quantitative estimate of drug-likeness (QED) is 0.805. The molecule has 1 unspecified atom stereocenters. The van der Waals surface area contributed by atoms with Gasteiger partial charge in [0.05, 0.1) is 17.9 Å². The third-order valence-corrected chi connectivity index (χ3v) is 5.23. The lowest BCUT2D eigenvalue weighted by molar-refractivity contribution is -0.122. The normalized spacial score (nSPS) is 16.9. The minimum Gasteiger partial charge on any atom is -0.326 e. The highest BCUT2D eigenvalue weighted by Crippen LogP contribution is 2.27. The van der Waals surface area contributed by atoms with Crippen LogP contribution in [-0.4, -0.2) is 33.0 Å². The van der Waals surface area contributed by atoms with Gasteiger partial charge in [-0.05, 0) is 43.7 Å². The van der Waals surface area contributed by atoms with Crippen LogP contribution in [0.5, 0.6) is 0 Å². The third kappa shape index (κ3) is 4.69. The van der Waals surface area contributed by atoms with Crippen LogP contribution in [0.1, 0.15) is 17.5 Å². The molecular formula is C20H23N3O4S. The maximum Gasteiger partial charge on any atom is 0.229 e. The van der Waals surface area contributed by atoms with Crippen molar-refractivity contribution in [1.82, 2.24) is 0 Å². The minimum atomic E-state index is -3.42. The van der Waals surface area contributed by atoms with E-state index in [0.717, 1.165) is 23.1 Å². The summed E-state index contributed by atoms with van der Waals surface area (Å²) in [7, 11) is -3.42. The molecule has 1 heterocycles. The Bertz CT molecular complexity index is 1020. The van der Waals surface area contributed by atoms with Gasteiger partial charge in [-0.2, -0.15) is 0 Å². The molecule has 2 aromatic rings. The Morgan fingerprint density at radius 3 is 2.43 bits per heavy atom. The molecule has 2 N–H and O–H groups in total. The number of nitrogens with zero attached hydrogens (tertiary/aromatic N) is 1. The molecule has 1 aliphatic heterocycles. The van der Waals surface area contributed by atoms with Gasteiger partial charge in [-0.1, -0.05) is 23.8 Å². The first kappa shape index (κ1) is 19.9. The van der Waals surface area contributed by atoms with E-state index in [1.54, 1.807) is 30.0 Å². The molecule has 0 bridgehead atoms. The summed E-state index contributed by atoms with van der Waals surface area (Å²) in [4.78, 5) is 26.6. The van der Waals surface area contributed by atoms with Crippen LogP contribution in [0.3, 0.4) is 0 Å². The monoisotopic (exact) mass is 401 g/mol. The summed E-state index contributed by atoms with van der Waals surface area (Å²) in [5, 5.41) is 2.79. The Morgan fingerprint density at radius 2 is 1.79 bits per heavy atom. The Hall–Kier alpha value is -2.87. The Kier molecular flexibility index (Phi) is 5.42. The molecule has 28 heavy (non-hydrogen) atoms. The molecule has 0 saturated carbocycles. The SMILES string of the molecule is Cc1ccc(N2CC(C(=O)Nc3ccc(C)c(NS(C)(=O)=O)c3)CC2=O)cc1. The zero-order valence-electron chi connectivity index (χ0n) is 16.0. The van der Waals surface area contributed by atoms with Gasteiger partial charge < -0.3 is 10.2 Å². The largest absolute Gasteiger partial charge is 0.326 e. The average Bonchev–Trinajstić information content (AvgIpc) is 2.99. The predicted molar refractivity (Wildman–Crippen MR) is 110 cm³/mol. The lowest BCUT2D eigenvalue weighted by Gasteiger charge is -2.17. The third-order valence-electron chi connectivity index (χ3n) is 4.64. The lowest BCUT2D eigenvalue weighted by atomic mass is 10.1. The van der Waals surface area contributed by atoms with Crippen molar-refractivity contribution in [3.63, 3.8) is 0 Å². The summed E-state index contributed by atoms with van der Waals surface area (Å²) >= 11 is 0. The van der Waals surface area contributed by atoms with Crippen LogP contribution in [0.15, 0.2) is 42.5 Å². The zero-order chi connectivity index (χ0) is 20.5. The zero-order valence-corrected chi connectivity index (χ0v) is 16.8. The summed E-state index contributed by atoms with van der Waals surface area (Å²) in [6.07, 6.45) is 1.21. The van der Waals surface area contributed by atoms with Crippen LogP contribution in [0.25, 0.3) is 0 Å². The van der Waals surface area contributed by atoms with Gasteiger partial charge in [0.2, 0.25) is 21.8 Å². The minimum absolute atomic E-state index is 0.0904. The highest BCUT2D eigenvalue weighted by Gasteiger charge is 2.35. The van der Waals surface area contributed by atoms with Gasteiger partial charge in [-0.15, -0.1) is 0 Å². The molecule has 1 saturated heterocycles. The number of carbonyl (C=O) groups is 2. The second-order valence-electron chi connectivity index (χ2n) is 7.13. The number of rotatable bonds is 5. The first-order valence-corrected chi connectivity index (χ1v) is 10.8. The van der Waals surface area contributed by atoms with E-state index >= 15 is 0 Å². The van der Waals surface area contributed by atoms with Crippen molar-refractivity contribution in [2.75, 3.05) is 27.7 Å². The topological polar surface area (TPSA) is 95.6 Å². The van der Waals surface area contributed by atoms with Gasteiger partial charge in [0, 0.05) is 24.3 Å². The molecule has 7 nitrogen and oxygen atoms in total. The fraction of sp³-hybridized carbons (Fsp3) is 0.300. The van der Waals surface area contributed by atoms with Gasteiger partial charge >= 0.3 is 0 Å². The number of nitrogens with one attached hydrogen (secondary N) is 2. The molecule has 1 atom stereocenters. The molecule has 1 aliphatic rings. The van der Waals surface area contributed by atoms with Crippen LogP contribution in [0.4, 0.5) is 17.1 Å². The smallest absolute Gasteiger partial charge is 0.229 e. The van der Waals surface area contributed by atoms with Crippen LogP contribution in [0, 0.1) is 19.8 Å². The molecule has 148 valence electrons. The first-order chi connectivity index (χ1) is 13.1. The number of aryl methyl sites for hydroxylation is 2. The van der Waals surface area contributed by atoms with Gasteiger partial charge in [0.15, 0.2) is 0 Å². The van der Waals surface area contributed by atoms with Crippen LogP contribution >= 0.6 is 0 Å². The number of hydrogen-bond donors (Lipinski definition) is 2. The molecule has 2 aromatic carbocycles. The van der Waals surface area contributed by atoms with Gasteiger partial charge in [-0.25, -0.2) is 8.42 Å². The fourth-order valence-corrected chi connectivity index (χ4v) is 3.73. The molecule has 0 spiro atoms. The molecule has 3 rings (SSSR count). The molecule has 2 amide bonds. The highest BCUT2D eigenvalue weighted by molar-refractivity contribution is 7.92. The van der Waals surface area contributed by atoms with Crippen molar-refractivity contribution in [3.8, 4) is 0 Å². The molecular weight excluding hydrogens is 378 g/mol. The summed E-state index contributed by atoms with van der Waals surface area (Å²) in [5.74, 6) is -0.828.